The van der Waals surface area contributed by atoms with Crippen LogP contribution in [0.2, 0.25) is 5.02 Å². The van der Waals surface area contributed by atoms with Crippen LogP contribution >= 0.6 is 11.6 Å². The van der Waals surface area contributed by atoms with Crippen LogP contribution in [0.3, 0.4) is 0 Å². The fourth-order valence-corrected chi connectivity index (χ4v) is 4.50. The van der Waals surface area contributed by atoms with E-state index in [9.17, 15) is 22.0 Å². The Kier molecular flexibility index (Phi) is 6.17. The predicted molar refractivity (Wildman–Crippen MR) is 98.6 cm³/mol. The highest BCUT2D eigenvalue weighted by molar-refractivity contribution is 7.89. The molecule has 1 saturated heterocycles. The van der Waals surface area contributed by atoms with Gasteiger partial charge in [0, 0.05) is 26.2 Å². The van der Waals surface area contributed by atoms with Gasteiger partial charge in [-0.15, -0.1) is 0 Å². The maximum absolute atomic E-state index is 13.8. The van der Waals surface area contributed by atoms with Crippen molar-refractivity contribution in [1.29, 1.82) is 0 Å². The minimum atomic E-state index is -3.97. The molecule has 28 heavy (non-hydrogen) atoms. The number of ether oxygens (including phenoxy) is 1. The van der Waals surface area contributed by atoms with Crippen LogP contribution in [0.5, 0.6) is 5.75 Å². The molecule has 1 heterocycles. The van der Waals surface area contributed by atoms with E-state index in [1.54, 1.807) is 0 Å². The summed E-state index contributed by atoms with van der Waals surface area (Å²) >= 11 is 5.85. The SMILES string of the molecule is O=C(COc1ccc(F)cc1Cl)N1CCN(S(=O)(=O)c2ccccc2F)CC1. The molecule has 150 valence electrons. The molecule has 2 aromatic carbocycles. The highest BCUT2D eigenvalue weighted by atomic mass is 35.5. The smallest absolute Gasteiger partial charge is 0.260 e. The minimum absolute atomic E-state index is 0.0414. The number of benzene rings is 2. The minimum Gasteiger partial charge on any atom is -0.482 e. The van der Waals surface area contributed by atoms with Crippen molar-refractivity contribution < 1.29 is 26.7 Å². The van der Waals surface area contributed by atoms with E-state index in [2.05, 4.69) is 0 Å². The molecule has 0 unspecified atom stereocenters. The lowest BCUT2D eigenvalue weighted by molar-refractivity contribution is -0.134. The van der Waals surface area contributed by atoms with Crippen molar-refractivity contribution >= 4 is 27.5 Å². The first-order valence-corrected chi connectivity index (χ1v) is 10.2. The van der Waals surface area contributed by atoms with Crippen molar-refractivity contribution in [2.75, 3.05) is 32.8 Å². The summed E-state index contributed by atoms with van der Waals surface area (Å²) in [5.74, 6) is -1.51. The molecule has 0 radical (unpaired) electrons. The second-order valence-electron chi connectivity index (χ2n) is 6.08. The predicted octanol–water partition coefficient (Wildman–Crippen LogP) is 2.53. The Labute approximate surface area is 166 Å². The Morgan fingerprint density at radius 2 is 1.75 bits per heavy atom. The molecule has 0 spiro atoms. The zero-order chi connectivity index (χ0) is 20.3. The summed E-state index contributed by atoms with van der Waals surface area (Å²) in [5.41, 5.74) is 0. The number of rotatable bonds is 5. The molecule has 0 atom stereocenters. The second-order valence-corrected chi connectivity index (χ2v) is 8.39. The maximum Gasteiger partial charge on any atom is 0.260 e. The van der Waals surface area contributed by atoms with Gasteiger partial charge in [0.2, 0.25) is 10.0 Å². The summed E-state index contributed by atoms with van der Waals surface area (Å²) in [6, 6.07) is 8.73. The van der Waals surface area contributed by atoms with Gasteiger partial charge < -0.3 is 9.64 Å². The number of halogens is 3. The topological polar surface area (TPSA) is 66.9 Å². The Morgan fingerprint density at radius 1 is 1.07 bits per heavy atom. The molecule has 3 rings (SSSR count). The van der Waals surface area contributed by atoms with Gasteiger partial charge >= 0.3 is 0 Å². The third-order valence-electron chi connectivity index (χ3n) is 4.29. The fraction of sp³-hybridized carbons (Fsp3) is 0.278. The molecular formula is C18H17ClF2N2O4S. The number of sulfonamides is 1. The van der Waals surface area contributed by atoms with Crippen molar-refractivity contribution in [2.24, 2.45) is 0 Å². The first-order chi connectivity index (χ1) is 13.3. The first kappa shape index (κ1) is 20.5. The van der Waals surface area contributed by atoms with E-state index in [4.69, 9.17) is 16.3 Å². The van der Waals surface area contributed by atoms with Gasteiger partial charge in [-0.25, -0.2) is 17.2 Å². The van der Waals surface area contributed by atoms with Crippen LogP contribution in [0.1, 0.15) is 0 Å². The summed E-state index contributed by atoms with van der Waals surface area (Å²) < 4.78 is 58.5. The standard InChI is InChI=1S/C18H17ClF2N2O4S/c19-14-11-13(20)5-6-16(14)27-12-18(24)22-7-9-23(10-8-22)28(25,26)17-4-2-1-3-15(17)21/h1-6,11H,7-10,12H2. The number of amides is 1. The van der Waals surface area contributed by atoms with Crippen LogP contribution in [0.25, 0.3) is 0 Å². The molecule has 1 fully saturated rings. The van der Waals surface area contributed by atoms with Gasteiger partial charge in [0.1, 0.15) is 22.3 Å². The molecule has 1 aliphatic rings. The number of nitrogens with zero attached hydrogens (tertiary/aromatic N) is 2. The normalized spacial score (nSPS) is 15.5. The highest BCUT2D eigenvalue weighted by Gasteiger charge is 2.31. The van der Waals surface area contributed by atoms with Crippen molar-refractivity contribution in [3.63, 3.8) is 0 Å². The number of hydrogen-bond donors (Lipinski definition) is 0. The Hall–Kier alpha value is -2.23. The van der Waals surface area contributed by atoms with E-state index >= 15 is 0 Å². The monoisotopic (exact) mass is 430 g/mol. The van der Waals surface area contributed by atoms with Crippen molar-refractivity contribution in [1.82, 2.24) is 9.21 Å². The van der Waals surface area contributed by atoms with Crippen molar-refractivity contribution in [3.05, 3.63) is 59.1 Å². The van der Waals surface area contributed by atoms with Crippen LogP contribution in [0.15, 0.2) is 47.4 Å². The van der Waals surface area contributed by atoms with Gasteiger partial charge in [0.15, 0.2) is 6.61 Å². The summed E-state index contributed by atoms with van der Waals surface area (Å²) in [6.07, 6.45) is 0. The van der Waals surface area contributed by atoms with Crippen LogP contribution in [0, 0.1) is 11.6 Å². The molecule has 10 heteroatoms. The van der Waals surface area contributed by atoms with E-state index < -0.39 is 21.7 Å². The zero-order valence-electron chi connectivity index (χ0n) is 14.6. The molecule has 1 aliphatic heterocycles. The number of carbonyl (C=O) groups is 1. The molecule has 0 N–H and O–H groups in total. The average molecular weight is 431 g/mol. The summed E-state index contributed by atoms with van der Waals surface area (Å²) in [4.78, 5) is 13.3. The largest absolute Gasteiger partial charge is 0.482 e. The zero-order valence-corrected chi connectivity index (χ0v) is 16.2. The molecule has 0 aliphatic carbocycles. The quantitative estimate of drug-likeness (QED) is 0.731. The lowest BCUT2D eigenvalue weighted by Crippen LogP contribution is -2.51. The lowest BCUT2D eigenvalue weighted by Gasteiger charge is -2.34. The van der Waals surface area contributed by atoms with Gasteiger partial charge in [-0.2, -0.15) is 4.31 Å². The Morgan fingerprint density at radius 3 is 2.39 bits per heavy atom. The van der Waals surface area contributed by atoms with E-state index in [0.29, 0.717) is 0 Å². The molecule has 0 aromatic heterocycles. The first-order valence-electron chi connectivity index (χ1n) is 8.39. The Balaban J connectivity index is 1.57. The summed E-state index contributed by atoms with van der Waals surface area (Å²) in [5, 5.41) is 0.0496. The molecule has 6 nitrogen and oxygen atoms in total. The summed E-state index contributed by atoms with van der Waals surface area (Å²) in [6.45, 7) is 0.0604. The molecular weight excluding hydrogens is 414 g/mol. The molecule has 0 bridgehead atoms. The van der Waals surface area contributed by atoms with Crippen molar-refractivity contribution in [3.8, 4) is 5.75 Å². The fourth-order valence-electron chi connectivity index (χ4n) is 2.79. The molecule has 2 aromatic rings. The molecule has 1 amide bonds. The third-order valence-corrected chi connectivity index (χ3v) is 6.52. The third kappa shape index (κ3) is 4.43. The maximum atomic E-state index is 13.8. The average Bonchev–Trinajstić information content (AvgIpc) is 2.67. The van der Waals surface area contributed by atoms with E-state index in [1.807, 2.05) is 0 Å². The van der Waals surface area contributed by atoms with Crippen molar-refractivity contribution in [2.45, 2.75) is 4.90 Å². The van der Waals surface area contributed by atoms with E-state index in [0.717, 1.165) is 22.5 Å². The Bertz CT molecular complexity index is 979. The van der Waals surface area contributed by atoms with Gasteiger partial charge in [0.25, 0.3) is 5.91 Å². The van der Waals surface area contributed by atoms with E-state index in [1.165, 1.54) is 29.2 Å². The van der Waals surface area contributed by atoms with Gasteiger partial charge in [-0.1, -0.05) is 23.7 Å². The van der Waals surface area contributed by atoms with Gasteiger partial charge in [-0.3, -0.25) is 4.79 Å². The van der Waals surface area contributed by atoms with Crippen LogP contribution < -0.4 is 4.74 Å². The summed E-state index contributed by atoms with van der Waals surface area (Å²) in [7, 11) is -3.97. The lowest BCUT2D eigenvalue weighted by atomic mass is 10.3. The number of carbonyl (C=O) groups excluding carboxylic acids is 1. The number of hydrogen-bond acceptors (Lipinski definition) is 4. The van der Waals surface area contributed by atoms with Crippen LogP contribution in [-0.4, -0.2) is 56.3 Å². The van der Waals surface area contributed by atoms with E-state index in [-0.39, 0.29) is 54.4 Å². The molecule has 0 saturated carbocycles. The second kappa shape index (κ2) is 8.42. The van der Waals surface area contributed by atoms with Crippen LogP contribution in [0.4, 0.5) is 8.78 Å². The van der Waals surface area contributed by atoms with Gasteiger partial charge in [-0.05, 0) is 30.3 Å². The van der Waals surface area contributed by atoms with Gasteiger partial charge in [0.05, 0.1) is 5.02 Å². The number of piperazine rings is 1. The van der Waals surface area contributed by atoms with Crippen LogP contribution in [-0.2, 0) is 14.8 Å². The highest BCUT2D eigenvalue weighted by Crippen LogP contribution is 2.25.